The van der Waals surface area contributed by atoms with E-state index in [1.807, 2.05) is 35.2 Å². The molecular formula is C17H17ClN2O2. The standard InChI is InChI=1S/C17H17ClN2O2/c18-13-5-2-1-4-12(13)15-6-3-9-20(15)17(21)14-10-16(22-19-14)11-7-8-11/h1-2,4-5,10-11,15H,3,6-9H2/t15-/m0/s1. The molecule has 0 spiro atoms. The number of likely N-dealkylation sites (tertiary alicyclic amines) is 1. The van der Waals surface area contributed by atoms with E-state index in [0.717, 1.165) is 43.6 Å². The van der Waals surface area contributed by atoms with Crippen molar-refractivity contribution >= 4 is 17.5 Å². The second-order valence-electron chi connectivity index (χ2n) is 6.07. The summed E-state index contributed by atoms with van der Waals surface area (Å²) in [5.41, 5.74) is 1.43. The molecule has 0 unspecified atom stereocenters. The first-order valence-corrected chi connectivity index (χ1v) is 8.14. The first-order valence-electron chi connectivity index (χ1n) is 7.76. The van der Waals surface area contributed by atoms with E-state index in [0.29, 0.717) is 16.6 Å². The molecule has 0 N–H and O–H groups in total. The Morgan fingerprint density at radius 2 is 2.09 bits per heavy atom. The molecule has 1 aromatic carbocycles. The monoisotopic (exact) mass is 316 g/mol. The topological polar surface area (TPSA) is 46.3 Å². The van der Waals surface area contributed by atoms with E-state index in [-0.39, 0.29) is 11.9 Å². The van der Waals surface area contributed by atoms with Crippen molar-refractivity contribution in [2.45, 2.75) is 37.6 Å². The molecule has 2 aromatic rings. The normalized spacial score (nSPS) is 21.3. The largest absolute Gasteiger partial charge is 0.360 e. The third-order valence-corrected chi connectivity index (χ3v) is 4.85. The summed E-state index contributed by atoms with van der Waals surface area (Å²) in [6, 6.07) is 9.58. The van der Waals surface area contributed by atoms with Gasteiger partial charge < -0.3 is 9.42 Å². The van der Waals surface area contributed by atoms with Gasteiger partial charge in [-0.25, -0.2) is 0 Å². The van der Waals surface area contributed by atoms with E-state index in [4.69, 9.17) is 16.1 Å². The van der Waals surface area contributed by atoms with Crippen LogP contribution >= 0.6 is 11.6 Å². The summed E-state index contributed by atoms with van der Waals surface area (Å²) in [5, 5.41) is 4.69. The molecule has 1 saturated carbocycles. The van der Waals surface area contributed by atoms with Crippen LogP contribution in [0.1, 0.15) is 59.5 Å². The third kappa shape index (κ3) is 2.41. The van der Waals surface area contributed by atoms with Gasteiger partial charge >= 0.3 is 0 Å². The average molecular weight is 317 g/mol. The molecule has 1 aliphatic carbocycles. The molecule has 2 heterocycles. The van der Waals surface area contributed by atoms with Gasteiger partial charge in [-0.2, -0.15) is 0 Å². The Kier molecular flexibility index (Phi) is 3.41. The van der Waals surface area contributed by atoms with Gasteiger partial charge in [0.25, 0.3) is 5.91 Å². The molecule has 0 radical (unpaired) electrons. The summed E-state index contributed by atoms with van der Waals surface area (Å²) in [5.74, 6) is 1.25. The Morgan fingerprint density at radius 1 is 1.27 bits per heavy atom. The summed E-state index contributed by atoms with van der Waals surface area (Å²) in [7, 11) is 0. The molecule has 1 atom stereocenters. The van der Waals surface area contributed by atoms with Gasteiger partial charge in [0, 0.05) is 23.6 Å². The molecule has 0 bridgehead atoms. The number of carbonyl (C=O) groups is 1. The average Bonchev–Trinajstić information content (AvgIpc) is 3.08. The fraction of sp³-hybridized carbons (Fsp3) is 0.412. The first-order chi connectivity index (χ1) is 10.7. The summed E-state index contributed by atoms with van der Waals surface area (Å²) in [6.07, 6.45) is 4.18. The summed E-state index contributed by atoms with van der Waals surface area (Å²) >= 11 is 6.30. The van der Waals surface area contributed by atoms with Gasteiger partial charge in [0.2, 0.25) is 0 Å². The maximum Gasteiger partial charge on any atom is 0.276 e. The number of aromatic nitrogens is 1. The second kappa shape index (κ2) is 5.43. The van der Waals surface area contributed by atoms with E-state index in [2.05, 4.69) is 5.16 Å². The molecule has 1 amide bonds. The van der Waals surface area contributed by atoms with Crippen LogP contribution in [0.25, 0.3) is 0 Å². The van der Waals surface area contributed by atoms with Crippen LogP contribution in [-0.4, -0.2) is 22.5 Å². The zero-order valence-corrected chi connectivity index (χ0v) is 12.9. The lowest BCUT2D eigenvalue weighted by Crippen LogP contribution is -2.30. The SMILES string of the molecule is O=C(c1cc(C2CC2)on1)N1CCC[C@H]1c1ccccc1Cl. The van der Waals surface area contributed by atoms with Crippen molar-refractivity contribution in [1.29, 1.82) is 0 Å². The van der Waals surface area contributed by atoms with Crippen molar-refractivity contribution in [2.24, 2.45) is 0 Å². The van der Waals surface area contributed by atoms with Gasteiger partial charge in [0.15, 0.2) is 5.69 Å². The van der Waals surface area contributed by atoms with Crippen molar-refractivity contribution < 1.29 is 9.32 Å². The minimum atomic E-state index is -0.0573. The number of amides is 1. The third-order valence-electron chi connectivity index (χ3n) is 4.51. The van der Waals surface area contributed by atoms with E-state index in [9.17, 15) is 4.79 Å². The molecule has 1 saturated heterocycles. The Bertz CT molecular complexity index is 708. The second-order valence-corrected chi connectivity index (χ2v) is 6.47. The Balaban J connectivity index is 1.59. The van der Waals surface area contributed by atoms with Crippen molar-refractivity contribution in [3.05, 3.63) is 52.4 Å². The Hall–Kier alpha value is -1.81. The van der Waals surface area contributed by atoms with Crippen LogP contribution < -0.4 is 0 Å². The number of hydrogen-bond acceptors (Lipinski definition) is 3. The van der Waals surface area contributed by atoms with E-state index >= 15 is 0 Å². The molecule has 1 aliphatic heterocycles. The van der Waals surface area contributed by atoms with Crippen molar-refractivity contribution in [2.75, 3.05) is 6.54 Å². The maximum absolute atomic E-state index is 12.8. The van der Waals surface area contributed by atoms with E-state index in [1.165, 1.54) is 0 Å². The van der Waals surface area contributed by atoms with E-state index in [1.54, 1.807) is 0 Å². The number of rotatable bonds is 3. The van der Waals surface area contributed by atoms with Crippen LogP contribution in [0, 0.1) is 0 Å². The molecule has 2 fully saturated rings. The van der Waals surface area contributed by atoms with E-state index < -0.39 is 0 Å². The minimum Gasteiger partial charge on any atom is -0.360 e. The molecular weight excluding hydrogens is 300 g/mol. The van der Waals surface area contributed by atoms with Gasteiger partial charge in [-0.1, -0.05) is 35.0 Å². The van der Waals surface area contributed by atoms with Crippen LogP contribution in [-0.2, 0) is 0 Å². The van der Waals surface area contributed by atoms with Gasteiger partial charge in [0.1, 0.15) is 5.76 Å². The summed E-state index contributed by atoms with van der Waals surface area (Å²) in [4.78, 5) is 14.6. The highest BCUT2D eigenvalue weighted by Crippen LogP contribution is 2.41. The van der Waals surface area contributed by atoms with Crippen LogP contribution in [0.5, 0.6) is 0 Å². The summed E-state index contributed by atoms with van der Waals surface area (Å²) < 4.78 is 5.31. The lowest BCUT2D eigenvalue weighted by Gasteiger charge is -2.24. The first kappa shape index (κ1) is 13.8. The van der Waals surface area contributed by atoms with Gasteiger partial charge in [-0.05, 0) is 37.3 Å². The fourth-order valence-electron chi connectivity index (χ4n) is 3.18. The molecule has 2 aliphatic rings. The van der Waals surface area contributed by atoms with Gasteiger partial charge in [0.05, 0.1) is 6.04 Å². The Labute approximate surface area is 134 Å². The molecule has 4 nitrogen and oxygen atoms in total. The zero-order chi connectivity index (χ0) is 15.1. The highest BCUT2D eigenvalue weighted by Gasteiger charge is 2.34. The number of carbonyl (C=O) groups excluding carboxylic acids is 1. The lowest BCUT2D eigenvalue weighted by atomic mass is 10.0. The van der Waals surface area contributed by atoms with Crippen LogP contribution in [0.2, 0.25) is 5.02 Å². The highest BCUT2D eigenvalue weighted by molar-refractivity contribution is 6.31. The predicted octanol–water partition coefficient (Wildman–Crippen LogP) is 4.18. The van der Waals surface area contributed by atoms with Crippen molar-refractivity contribution in [1.82, 2.24) is 10.1 Å². The Morgan fingerprint density at radius 3 is 2.86 bits per heavy atom. The summed E-state index contributed by atoms with van der Waals surface area (Å²) in [6.45, 7) is 0.736. The lowest BCUT2D eigenvalue weighted by molar-refractivity contribution is 0.0725. The van der Waals surface area contributed by atoms with Gasteiger partial charge in [-0.3, -0.25) is 4.79 Å². The molecule has 22 heavy (non-hydrogen) atoms. The molecule has 5 heteroatoms. The predicted molar refractivity (Wildman–Crippen MR) is 82.9 cm³/mol. The molecule has 1 aromatic heterocycles. The number of benzene rings is 1. The van der Waals surface area contributed by atoms with Crippen LogP contribution in [0.3, 0.4) is 0 Å². The number of halogens is 1. The van der Waals surface area contributed by atoms with Crippen molar-refractivity contribution in [3.8, 4) is 0 Å². The fourth-order valence-corrected chi connectivity index (χ4v) is 3.44. The molecule has 4 rings (SSSR count). The van der Waals surface area contributed by atoms with Crippen LogP contribution in [0.15, 0.2) is 34.9 Å². The number of nitrogens with zero attached hydrogens (tertiary/aromatic N) is 2. The highest BCUT2D eigenvalue weighted by atomic mass is 35.5. The maximum atomic E-state index is 12.8. The molecule has 114 valence electrons. The zero-order valence-electron chi connectivity index (χ0n) is 12.2. The smallest absolute Gasteiger partial charge is 0.276 e. The van der Waals surface area contributed by atoms with Crippen LogP contribution in [0.4, 0.5) is 0 Å². The number of hydrogen-bond donors (Lipinski definition) is 0. The van der Waals surface area contributed by atoms with Gasteiger partial charge in [-0.15, -0.1) is 0 Å². The minimum absolute atomic E-state index is 0.0299. The quantitative estimate of drug-likeness (QED) is 0.853. The van der Waals surface area contributed by atoms with Crippen molar-refractivity contribution in [3.63, 3.8) is 0 Å².